The molecule has 2 aliphatic heterocycles. The fourth-order valence-corrected chi connectivity index (χ4v) is 8.03. The highest BCUT2D eigenvalue weighted by Crippen LogP contribution is 2.23. The summed E-state index contributed by atoms with van der Waals surface area (Å²) in [6.07, 6.45) is 0.0794. The van der Waals surface area contributed by atoms with Crippen molar-refractivity contribution in [2.75, 3.05) is 38.5 Å². The third-order valence-electron chi connectivity index (χ3n) is 11.9. The SMILES string of the molecule is CC[C@H](C)[C@H](N)C(=O)N[C@H](C(=O)N[C@@H](CCCCN)C(=O)N1CCC[C@H]1C(=O)N[C@@H](CCCN=C(N)N)C(=O)N[C@@H](CCC(=O)O)C(=O)N1CCC[C@H]1C(=O)N[C@@H](CS)C(=O)NCC(=O)O)[C@@H](C)O. The summed E-state index contributed by atoms with van der Waals surface area (Å²) in [6, 6.07) is -10.2. The van der Waals surface area contributed by atoms with Crippen molar-refractivity contribution in [2.45, 2.75) is 152 Å². The Bertz CT molecular complexity index is 1840. The minimum atomic E-state index is -1.53. The highest BCUT2D eigenvalue weighted by molar-refractivity contribution is 7.80. The number of nitrogens with two attached hydrogens (primary N) is 4. The molecule has 0 aliphatic carbocycles. The first-order valence-electron chi connectivity index (χ1n) is 23.2. The second-order valence-corrected chi connectivity index (χ2v) is 17.6. The van der Waals surface area contributed by atoms with Gasteiger partial charge in [0.15, 0.2) is 5.96 Å². The zero-order valence-corrected chi connectivity index (χ0v) is 40.4. The van der Waals surface area contributed by atoms with Crippen LogP contribution in [0.2, 0.25) is 0 Å². The van der Waals surface area contributed by atoms with Crippen LogP contribution in [0.1, 0.15) is 97.8 Å². The first kappa shape index (κ1) is 59.3. The Morgan fingerprint density at radius 1 is 0.696 bits per heavy atom. The molecule has 10 atom stereocenters. The quantitative estimate of drug-likeness (QED) is 0.0139. The third-order valence-corrected chi connectivity index (χ3v) is 12.3. The summed E-state index contributed by atoms with van der Waals surface area (Å²) in [5.41, 5.74) is 22.7. The summed E-state index contributed by atoms with van der Waals surface area (Å²) in [4.78, 5) is 138. The van der Waals surface area contributed by atoms with Crippen LogP contribution in [0.3, 0.4) is 0 Å². The lowest BCUT2D eigenvalue weighted by Crippen LogP contribution is -2.61. The molecule has 0 spiro atoms. The lowest BCUT2D eigenvalue weighted by molar-refractivity contribution is -0.144. The standard InChI is InChI=1S/C42H73N13O13S/c1-4-22(2)32(44)38(65)53-33(23(3)56)39(66)51-25(10-5-6-16-43)40(67)54-18-8-12-28(54)36(63)49-24(11-7-17-47-42(45)46)35(62)50-26(14-15-30(57)58)41(68)55-19-9-13-29(55)37(64)52-27(21-69)34(61)48-20-31(59)60/h22-29,32-33,56,69H,4-21,43-44H2,1-3H3,(H,48,61)(H,49,63)(H,50,62)(H,51,66)(H,52,64)(H,53,65)(H,57,58)(H,59,60)(H4,45,46,47)/t22-,23+,24-,25-,26-,27-,28-,29-,32-,33-/m0/s1. The normalized spacial score (nSPS) is 19.0. The molecule has 26 nitrogen and oxygen atoms in total. The highest BCUT2D eigenvalue weighted by atomic mass is 32.1. The van der Waals surface area contributed by atoms with E-state index in [1.165, 1.54) is 11.8 Å². The van der Waals surface area contributed by atoms with Gasteiger partial charge in [0, 0.05) is 31.8 Å². The van der Waals surface area contributed by atoms with Crippen molar-refractivity contribution >= 4 is 77.8 Å². The minimum absolute atomic E-state index is 0.0191. The number of carboxylic acids is 2. The molecular formula is C42H73N13O13S. The van der Waals surface area contributed by atoms with Crippen LogP contribution >= 0.6 is 12.6 Å². The molecule has 2 aliphatic rings. The fraction of sp³-hybridized carbons (Fsp3) is 0.738. The first-order valence-corrected chi connectivity index (χ1v) is 23.8. The summed E-state index contributed by atoms with van der Waals surface area (Å²) >= 11 is 4.08. The summed E-state index contributed by atoms with van der Waals surface area (Å²) in [5, 5.41) is 43.9. The van der Waals surface area contributed by atoms with Crippen LogP contribution in [-0.2, 0) is 47.9 Å². The molecule has 0 aromatic carbocycles. The van der Waals surface area contributed by atoms with Crippen molar-refractivity contribution in [2.24, 2.45) is 33.8 Å². The van der Waals surface area contributed by atoms with E-state index < -0.39 is 133 Å². The Morgan fingerprint density at radius 3 is 1.72 bits per heavy atom. The van der Waals surface area contributed by atoms with Crippen molar-refractivity contribution in [1.29, 1.82) is 0 Å². The lowest BCUT2D eigenvalue weighted by atomic mass is 9.98. The van der Waals surface area contributed by atoms with Gasteiger partial charge in [-0.05, 0) is 83.6 Å². The molecule has 0 bridgehead atoms. The molecule has 69 heavy (non-hydrogen) atoms. The van der Waals surface area contributed by atoms with E-state index in [1.54, 1.807) is 6.92 Å². The number of nitrogens with one attached hydrogen (secondary N) is 6. The molecule has 0 unspecified atom stereocenters. The number of aliphatic hydroxyl groups excluding tert-OH is 1. The van der Waals surface area contributed by atoms with Crippen molar-refractivity contribution in [3.05, 3.63) is 0 Å². The zero-order valence-electron chi connectivity index (χ0n) is 39.5. The molecule has 17 N–H and O–H groups in total. The fourth-order valence-electron chi connectivity index (χ4n) is 7.77. The lowest BCUT2D eigenvalue weighted by Gasteiger charge is -2.32. The maximum Gasteiger partial charge on any atom is 0.322 e. The monoisotopic (exact) mass is 1000 g/mol. The number of carboxylic acid groups (broad SMARTS) is 2. The van der Waals surface area contributed by atoms with Gasteiger partial charge in [0.05, 0.1) is 12.1 Å². The van der Waals surface area contributed by atoms with Crippen LogP contribution in [0, 0.1) is 5.92 Å². The Hall–Kier alpha value is -5.80. The number of rotatable bonds is 30. The number of aliphatic hydroxyl groups is 1. The molecular weight excluding hydrogens is 927 g/mol. The number of carbonyl (C=O) groups is 10. The topological polar surface area (TPSA) is 426 Å². The van der Waals surface area contributed by atoms with Gasteiger partial charge < -0.3 is 80.0 Å². The Kier molecular flexibility index (Phi) is 25.7. The minimum Gasteiger partial charge on any atom is -0.481 e. The van der Waals surface area contributed by atoms with E-state index in [2.05, 4.69) is 49.5 Å². The van der Waals surface area contributed by atoms with Gasteiger partial charge in [-0.1, -0.05) is 20.3 Å². The average molecular weight is 1000 g/mol. The number of likely N-dealkylation sites (tertiary alicyclic amines) is 2. The Labute approximate surface area is 406 Å². The molecule has 2 heterocycles. The number of carbonyl (C=O) groups excluding carboxylic acids is 8. The van der Waals surface area contributed by atoms with Gasteiger partial charge in [0.1, 0.15) is 48.8 Å². The smallest absolute Gasteiger partial charge is 0.322 e. The van der Waals surface area contributed by atoms with E-state index in [0.29, 0.717) is 32.1 Å². The van der Waals surface area contributed by atoms with Gasteiger partial charge in [-0.15, -0.1) is 0 Å². The van der Waals surface area contributed by atoms with Crippen LogP contribution in [0.5, 0.6) is 0 Å². The van der Waals surface area contributed by atoms with Crippen molar-refractivity contribution in [1.82, 2.24) is 41.7 Å². The predicted octanol–water partition coefficient (Wildman–Crippen LogP) is -4.68. The van der Waals surface area contributed by atoms with Crippen LogP contribution in [-0.4, -0.2) is 183 Å². The van der Waals surface area contributed by atoms with E-state index in [9.17, 15) is 58.2 Å². The third kappa shape index (κ3) is 19.3. The number of guanidine groups is 1. The van der Waals surface area contributed by atoms with Crippen molar-refractivity contribution in [3.63, 3.8) is 0 Å². The van der Waals surface area contributed by atoms with E-state index in [4.69, 9.17) is 28.0 Å². The zero-order chi connectivity index (χ0) is 52.0. The number of amides is 8. The maximum absolute atomic E-state index is 14.3. The molecule has 2 rings (SSSR count). The van der Waals surface area contributed by atoms with E-state index in [1.807, 2.05) is 6.92 Å². The summed E-state index contributed by atoms with van der Waals surface area (Å²) in [6.45, 7) is 4.57. The number of hydrogen-bond donors (Lipinski definition) is 14. The second kappa shape index (κ2) is 29.9. The molecule has 2 fully saturated rings. The van der Waals surface area contributed by atoms with Gasteiger partial charge in [-0.2, -0.15) is 12.6 Å². The van der Waals surface area contributed by atoms with E-state index >= 15 is 0 Å². The summed E-state index contributed by atoms with van der Waals surface area (Å²) in [5.74, 6) is -9.62. The molecule has 27 heteroatoms. The van der Waals surface area contributed by atoms with Gasteiger partial charge in [0.25, 0.3) is 0 Å². The van der Waals surface area contributed by atoms with Gasteiger partial charge >= 0.3 is 11.9 Å². The molecule has 0 aromatic heterocycles. The highest BCUT2D eigenvalue weighted by Gasteiger charge is 2.42. The average Bonchev–Trinajstić information content (AvgIpc) is 4.01. The number of aliphatic carboxylic acids is 2. The van der Waals surface area contributed by atoms with E-state index in [-0.39, 0.29) is 75.9 Å². The molecule has 2 saturated heterocycles. The summed E-state index contributed by atoms with van der Waals surface area (Å²) in [7, 11) is 0. The van der Waals surface area contributed by atoms with E-state index in [0.717, 1.165) is 4.90 Å². The van der Waals surface area contributed by atoms with Crippen LogP contribution in [0.25, 0.3) is 0 Å². The van der Waals surface area contributed by atoms with Gasteiger partial charge in [-0.25, -0.2) is 0 Å². The van der Waals surface area contributed by atoms with Gasteiger partial charge in [-0.3, -0.25) is 52.9 Å². The number of hydrogen-bond acceptors (Lipinski definition) is 15. The number of aliphatic imine (C=N–C) groups is 1. The first-order chi connectivity index (χ1) is 32.6. The second-order valence-electron chi connectivity index (χ2n) is 17.2. The molecule has 0 aromatic rings. The molecule has 8 amide bonds. The van der Waals surface area contributed by atoms with Crippen LogP contribution in [0.15, 0.2) is 4.99 Å². The van der Waals surface area contributed by atoms with Gasteiger partial charge in [0.2, 0.25) is 47.3 Å². The Morgan fingerprint density at radius 2 is 1.23 bits per heavy atom. The van der Waals surface area contributed by atoms with Crippen LogP contribution < -0.4 is 54.8 Å². The largest absolute Gasteiger partial charge is 0.481 e. The van der Waals surface area contributed by atoms with Crippen LogP contribution in [0.4, 0.5) is 0 Å². The molecule has 390 valence electrons. The number of unbranched alkanes of at least 4 members (excludes halogenated alkanes) is 1. The maximum atomic E-state index is 14.3. The molecule has 0 radical (unpaired) electrons. The molecule has 0 saturated carbocycles. The van der Waals surface area contributed by atoms with Crippen molar-refractivity contribution < 1.29 is 63.3 Å². The summed E-state index contributed by atoms with van der Waals surface area (Å²) < 4.78 is 0. The van der Waals surface area contributed by atoms with Crippen molar-refractivity contribution in [3.8, 4) is 0 Å². The number of thiol groups is 1. The predicted molar refractivity (Wildman–Crippen MR) is 252 cm³/mol. The number of nitrogens with zero attached hydrogens (tertiary/aromatic N) is 3. The Balaban J connectivity index is 2.39.